The number of benzene rings is 2. The smallest absolute Gasteiger partial charge is 0.322 e. The molecule has 1 aromatic heterocycles. The maximum atomic E-state index is 13.2. The summed E-state index contributed by atoms with van der Waals surface area (Å²) in [7, 11) is 1.60. The van der Waals surface area contributed by atoms with Crippen molar-refractivity contribution in [2.75, 3.05) is 30.8 Å². The maximum Gasteiger partial charge on any atom is 0.322 e. The molecule has 3 amide bonds. The number of anilines is 2. The quantitative estimate of drug-likeness (QED) is 0.333. The molecular weight excluding hydrogens is 513 g/mol. The van der Waals surface area contributed by atoms with Crippen LogP contribution in [0.2, 0.25) is 10.0 Å². The minimum absolute atomic E-state index is 0.136. The van der Waals surface area contributed by atoms with Crippen LogP contribution < -0.4 is 15.4 Å². The van der Waals surface area contributed by atoms with Crippen LogP contribution in [0.5, 0.6) is 5.75 Å². The summed E-state index contributed by atoms with van der Waals surface area (Å²) < 4.78 is 6.93. The van der Waals surface area contributed by atoms with E-state index >= 15 is 0 Å². The van der Waals surface area contributed by atoms with E-state index in [0.717, 1.165) is 11.4 Å². The summed E-state index contributed by atoms with van der Waals surface area (Å²) in [4.78, 5) is 27.7. The standard InChI is InChI=1S/C27H33Cl2N5O3/c1-17(2)15-33(26(36)30-22-12-7-18(28)13-21(22)29)16-25(35)31-24-14-23(27(3,4)5)32-34(24)19-8-10-20(37-6)11-9-19/h7-14,17H,15-16H2,1-6H3,(H,30,36)(H,31,35). The normalized spacial score (nSPS) is 11.4. The van der Waals surface area contributed by atoms with Gasteiger partial charge in [-0.25, -0.2) is 9.48 Å². The van der Waals surface area contributed by atoms with Crippen LogP contribution in [-0.2, 0) is 10.2 Å². The lowest BCUT2D eigenvalue weighted by Gasteiger charge is -2.24. The first-order chi connectivity index (χ1) is 17.4. The first-order valence-corrected chi connectivity index (χ1v) is 12.7. The molecule has 3 aromatic rings. The predicted molar refractivity (Wildman–Crippen MR) is 149 cm³/mol. The Bertz CT molecular complexity index is 1250. The number of halogens is 2. The van der Waals surface area contributed by atoms with Gasteiger partial charge in [-0.1, -0.05) is 57.8 Å². The number of nitrogens with zero attached hydrogens (tertiary/aromatic N) is 3. The molecule has 1 heterocycles. The van der Waals surface area contributed by atoms with Gasteiger partial charge in [-0.3, -0.25) is 4.79 Å². The fourth-order valence-electron chi connectivity index (χ4n) is 3.56. The fraction of sp³-hybridized carbons (Fsp3) is 0.370. The SMILES string of the molecule is COc1ccc(-n2nc(C(C)(C)C)cc2NC(=O)CN(CC(C)C)C(=O)Nc2ccc(Cl)cc2Cl)cc1. The van der Waals surface area contributed by atoms with Crippen molar-refractivity contribution in [3.8, 4) is 11.4 Å². The van der Waals surface area contributed by atoms with Crippen LogP contribution in [0.3, 0.4) is 0 Å². The van der Waals surface area contributed by atoms with Crippen molar-refractivity contribution in [1.82, 2.24) is 14.7 Å². The van der Waals surface area contributed by atoms with Gasteiger partial charge in [0.1, 0.15) is 18.1 Å². The Hall–Kier alpha value is -3.23. The number of hydrogen-bond acceptors (Lipinski definition) is 4. The molecule has 0 spiro atoms. The van der Waals surface area contributed by atoms with Crippen LogP contribution in [0.1, 0.15) is 40.3 Å². The molecule has 0 radical (unpaired) electrons. The Labute approximate surface area is 227 Å². The van der Waals surface area contributed by atoms with Gasteiger partial charge in [0.25, 0.3) is 0 Å². The van der Waals surface area contributed by atoms with Crippen LogP contribution in [-0.4, -0.2) is 46.8 Å². The van der Waals surface area contributed by atoms with E-state index in [-0.39, 0.29) is 23.8 Å². The van der Waals surface area contributed by atoms with Crippen LogP contribution in [0.4, 0.5) is 16.3 Å². The van der Waals surface area contributed by atoms with E-state index in [1.165, 1.54) is 4.90 Å². The molecule has 2 aromatic carbocycles. The zero-order chi connectivity index (χ0) is 27.3. The molecule has 0 bridgehead atoms. The van der Waals surface area contributed by atoms with E-state index < -0.39 is 6.03 Å². The molecule has 0 saturated heterocycles. The minimum Gasteiger partial charge on any atom is -0.497 e. The van der Waals surface area contributed by atoms with E-state index in [0.29, 0.717) is 33.8 Å². The molecule has 3 rings (SSSR count). The van der Waals surface area contributed by atoms with Gasteiger partial charge in [0.15, 0.2) is 0 Å². The summed E-state index contributed by atoms with van der Waals surface area (Å²) in [5, 5.41) is 11.2. The third-order valence-corrected chi connectivity index (χ3v) is 5.99. The van der Waals surface area contributed by atoms with Crippen molar-refractivity contribution in [3.05, 3.63) is 64.3 Å². The van der Waals surface area contributed by atoms with E-state index in [4.69, 9.17) is 33.0 Å². The molecule has 37 heavy (non-hydrogen) atoms. The van der Waals surface area contributed by atoms with E-state index in [1.807, 2.05) is 44.2 Å². The Morgan fingerprint density at radius 1 is 1.05 bits per heavy atom. The highest BCUT2D eigenvalue weighted by Crippen LogP contribution is 2.28. The lowest BCUT2D eigenvalue weighted by atomic mass is 9.92. The summed E-state index contributed by atoms with van der Waals surface area (Å²) in [6, 6.07) is 13.6. The molecule has 8 nitrogen and oxygen atoms in total. The van der Waals surface area contributed by atoms with Gasteiger partial charge in [0.2, 0.25) is 5.91 Å². The van der Waals surface area contributed by atoms with Gasteiger partial charge in [0.05, 0.1) is 29.2 Å². The van der Waals surface area contributed by atoms with Gasteiger partial charge in [-0.2, -0.15) is 5.10 Å². The van der Waals surface area contributed by atoms with Gasteiger partial charge >= 0.3 is 6.03 Å². The molecule has 2 N–H and O–H groups in total. The minimum atomic E-state index is -0.438. The van der Waals surface area contributed by atoms with Crippen molar-refractivity contribution >= 4 is 46.6 Å². The van der Waals surface area contributed by atoms with Gasteiger partial charge < -0.3 is 20.3 Å². The summed E-state index contributed by atoms with van der Waals surface area (Å²) in [6.07, 6.45) is 0. The maximum absolute atomic E-state index is 13.2. The van der Waals surface area contributed by atoms with Gasteiger partial charge in [-0.15, -0.1) is 0 Å². The fourth-order valence-corrected chi connectivity index (χ4v) is 4.01. The Kier molecular flexibility index (Phi) is 9.10. The predicted octanol–water partition coefficient (Wildman–Crippen LogP) is 6.61. The molecule has 0 aliphatic rings. The molecule has 198 valence electrons. The molecule has 0 fully saturated rings. The second kappa shape index (κ2) is 11.9. The number of ether oxygens (including phenoxy) is 1. The highest BCUT2D eigenvalue weighted by Gasteiger charge is 2.24. The number of hydrogen-bond donors (Lipinski definition) is 2. The van der Waals surface area contributed by atoms with Crippen molar-refractivity contribution in [3.63, 3.8) is 0 Å². The summed E-state index contributed by atoms with van der Waals surface area (Å²) in [5.74, 6) is 1.00. The third kappa shape index (κ3) is 7.63. The van der Waals surface area contributed by atoms with E-state index in [1.54, 1.807) is 30.0 Å². The molecular formula is C27H33Cl2N5O3. The number of carbonyl (C=O) groups excluding carboxylic acids is 2. The van der Waals surface area contributed by atoms with Gasteiger partial charge in [-0.05, 0) is 48.4 Å². The molecule has 0 atom stereocenters. The highest BCUT2D eigenvalue weighted by atomic mass is 35.5. The average molecular weight is 546 g/mol. The van der Waals surface area contributed by atoms with Crippen molar-refractivity contribution < 1.29 is 14.3 Å². The van der Waals surface area contributed by atoms with E-state index in [9.17, 15) is 9.59 Å². The zero-order valence-corrected chi connectivity index (χ0v) is 23.4. The first kappa shape index (κ1) is 28.3. The van der Waals surface area contributed by atoms with Crippen LogP contribution >= 0.6 is 23.2 Å². The number of urea groups is 1. The van der Waals surface area contributed by atoms with Crippen molar-refractivity contribution in [2.24, 2.45) is 5.92 Å². The molecule has 10 heteroatoms. The largest absolute Gasteiger partial charge is 0.497 e. The number of methoxy groups -OCH3 is 1. The van der Waals surface area contributed by atoms with Crippen molar-refractivity contribution in [1.29, 1.82) is 0 Å². The second-order valence-corrected chi connectivity index (χ2v) is 11.0. The first-order valence-electron chi connectivity index (χ1n) is 11.9. The Morgan fingerprint density at radius 3 is 2.30 bits per heavy atom. The number of amides is 3. The third-order valence-electron chi connectivity index (χ3n) is 5.44. The van der Waals surface area contributed by atoms with Crippen molar-refractivity contribution in [2.45, 2.75) is 40.0 Å². The summed E-state index contributed by atoms with van der Waals surface area (Å²) in [6.45, 7) is 10.3. The molecule has 0 saturated carbocycles. The van der Waals surface area contributed by atoms with Crippen LogP contribution in [0.15, 0.2) is 48.5 Å². The van der Waals surface area contributed by atoms with Crippen LogP contribution in [0.25, 0.3) is 5.69 Å². The number of nitrogens with one attached hydrogen (secondary N) is 2. The number of rotatable bonds is 8. The zero-order valence-electron chi connectivity index (χ0n) is 21.9. The molecule has 0 unspecified atom stereocenters. The number of aromatic nitrogens is 2. The Morgan fingerprint density at radius 2 is 1.73 bits per heavy atom. The second-order valence-electron chi connectivity index (χ2n) is 10.2. The molecule has 0 aliphatic carbocycles. The lowest BCUT2D eigenvalue weighted by Crippen LogP contribution is -2.42. The Balaban J connectivity index is 1.83. The molecule has 0 aliphatic heterocycles. The summed E-state index contributed by atoms with van der Waals surface area (Å²) >= 11 is 12.2. The highest BCUT2D eigenvalue weighted by molar-refractivity contribution is 6.36. The monoisotopic (exact) mass is 545 g/mol. The van der Waals surface area contributed by atoms with Gasteiger partial charge in [0, 0.05) is 23.0 Å². The average Bonchev–Trinajstić information content (AvgIpc) is 3.24. The summed E-state index contributed by atoms with van der Waals surface area (Å²) in [5.41, 5.74) is 1.75. The van der Waals surface area contributed by atoms with Crippen LogP contribution in [0, 0.1) is 5.92 Å². The lowest BCUT2D eigenvalue weighted by molar-refractivity contribution is -0.116. The number of carbonyl (C=O) groups is 2. The topological polar surface area (TPSA) is 88.5 Å². The van der Waals surface area contributed by atoms with E-state index in [2.05, 4.69) is 31.4 Å².